The maximum atomic E-state index is 12.8. The van der Waals surface area contributed by atoms with Gasteiger partial charge < -0.3 is 20.3 Å². The monoisotopic (exact) mass is 531 g/mol. The maximum Gasteiger partial charge on any atom is 0.410 e. The number of nitrogens with one attached hydrogen (secondary N) is 2. The number of rotatable bonds is 8. The molecule has 8 nitrogen and oxygen atoms in total. The molecule has 0 atom stereocenters. The van der Waals surface area contributed by atoms with Gasteiger partial charge in [0.15, 0.2) is 0 Å². The van der Waals surface area contributed by atoms with Crippen LogP contribution in [0.3, 0.4) is 0 Å². The normalized spacial score (nSPS) is 13.9. The molecule has 2 amide bonds. The molecular formula is C31H41N5O3. The minimum Gasteiger partial charge on any atom is -0.447 e. The Hall–Kier alpha value is -3.68. The quantitative estimate of drug-likeness (QED) is 0.352. The Balaban J connectivity index is 1.53. The number of nitrogens with zero attached hydrogens (tertiary/aromatic N) is 3. The van der Waals surface area contributed by atoms with E-state index in [1.807, 2.05) is 85.7 Å². The molecule has 0 spiro atoms. The van der Waals surface area contributed by atoms with E-state index in [1.165, 1.54) is 0 Å². The number of fused-ring (bicyclic) bond motifs is 1. The third-order valence-corrected chi connectivity index (χ3v) is 6.67. The Morgan fingerprint density at radius 1 is 1.08 bits per heavy atom. The van der Waals surface area contributed by atoms with Crippen LogP contribution in [-0.2, 0) is 4.74 Å². The summed E-state index contributed by atoms with van der Waals surface area (Å²) in [5.74, 6) is 0.463. The SMILES string of the molecule is Cc1ccc(C(=O)NC2CC2)cc1-c1ccc2nc(NC(C)(C)CN(C(=O)OC(C)C)C(C)(C)C)ncc2c1. The highest BCUT2D eigenvalue weighted by Gasteiger charge is 2.34. The molecule has 3 aromatic rings. The van der Waals surface area contributed by atoms with Crippen LogP contribution >= 0.6 is 0 Å². The fraction of sp³-hybridized carbons (Fsp3) is 0.484. The predicted octanol–water partition coefficient (Wildman–Crippen LogP) is 6.33. The fourth-order valence-corrected chi connectivity index (χ4v) is 4.41. The van der Waals surface area contributed by atoms with Crippen molar-refractivity contribution in [1.82, 2.24) is 20.2 Å². The van der Waals surface area contributed by atoms with E-state index in [0.717, 1.165) is 40.4 Å². The van der Waals surface area contributed by atoms with Crippen molar-refractivity contribution in [1.29, 1.82) is 0 Å². The smallest absolute Gasteiger partial charge is 0.410 e. The summed E-state index contributed by atoms with van der Waals surface area (Å²) in [7, 11) is 0. The van der Waals surface area contributed by atoms with Gasteiger partial charge in [0, 0.05) is 35.3 Å². The Bertz CT molecular complexity index is 1370. The van der Waals surface area contributed by atoms with Crippen LogP contribution in [0.5, 0.6) is 0 Å². The second-order valence-corrected chi connectivity index (χ2v) is 12.4. The molecule has 0 radical (unpaired) electrons. The van der Waals surface area contributed by atoms with Crippen LogP contribution in [0, 0.1) is 6.92 Å². The molecule has 39 heavy (non-hydrogen) atoms. The van der Waals surface area contributed by atoms with Crippen molar-refractivity contribution in [2.75, 3.05) is 11.9 Å². The number of hydrogen-bond acceptors (Lipinski definition) is 6. The summed E-state index contributed by atoms with van der Waals surface area (Å²) >= 11 is 0. The van der Waals surface area contributed by atoms with Crippen LogP contribution in [0.1, 0.15) is 77.2 Å². The van der Waals surface area contributed by atoms with Gasteiger partial charge in [0.05, 0.1) is 17.2 Å². The molecule has 1 heterocycles. The molecule has 0 unspecified atom stereocenters. The number of carbonyl (C=O) groups excluding carboxylic acids is 2. The zero-order valence-electron chi connectivity index (χ0n) is 24.4. The standard InChI is InChI=1S/C31H41N5O3/c1-19(2)39-29(38)36(30(4,5)6)18-31(7,8)35-28-32-17-23-15-21(11-14-26(23)34-28)25-16-22(10-9-20(25)3)27(37)33-24-12-13-24/h9-11,14-17,19,24H,12-13,18H2,1-8H3,(H,33,37)(H,32,34,35). The van der Waals surface area contributed by atoms with Crippen LogP contribution < -0.4 is 10.6 Å². The second kappa shape index (κ2) is 10.8. The number of anilines is 1. The van der Waals surface area contributed by atoms with Crippen LogP contribution in [0.2, 0.25) is 0 Å². The van der Waals surface area contributed by atoms with Crippen molar-refractivity contribution in [3.63, 3.8) is 0 Å². The first kappa shape index (κ1) is 28.3. The molecule has 2 N–H and O–H groups in total. The number of aryl methyl sites for hydroxylation is 1. The third-order valence-electron chi connectivity index (χ3n) is 6.67. The van der Waals surface area contributed by atoms with Crippen molar-refractivity contribution >= 4 is 28.9 Å². The zero-order valence-corrected chi connectivity index (χ0v) is 24.4. The Morgan fingerprint density at radius 3 is 2.44 bits per heavy atom. The Morgan fingerprint density at radius 2 is 1.79 bits per heavy atom. The maximum absolute atomic E-state index is 12.8. The first-order chi connectivity index (χ1) is 18.2. The minimum atomic E-state index is -0.518. The van der Waals surface area contributed by atoms with E-state index < -0.39 is 11.1 Å². The van der Waals surface area contributed by atoms with Gasteiger partial charge in [-0.2, -0.15) is 0 Å². The van der Waals surface area contributed by atoms with E-state index in [-0.39, 0.29) is 18.1 Å². The number of hydrogen-bond donors (Lipinski definition) is 2. The van der Waals surface area contributed by atoms with Crippen molar-refractivity contribution in [3.05, 3.63) is 53.7 Å². The highest BCUT2D eigenvalue weighted by atomic mass is 16.6. The topological polar surface area (TPSA) is 96.5 Å². The van der Waals surface area contributed by atoms with Crippen molar-refractivity contribution in [2.45, 2.75) is 91.5 Å². The van der Waals surface area contributed by atoms with E-state index in [2.05, 4.69) is 21.7 Å². The lowest BCUT2D eigenvalue weighted by Gasteiger charge is -2.40. The molecule has 1 aliphatic carbocycles. The average molecular weight is 532 g/mol. The molecule has 8 heteroatoms. The number of benzene rings is 2. The van der Waals surface area contributed by atoms with Gasteiger partial charge in [-0.1, -0.05) is 12.1 Å². The molecule has 208 valence electrons. The number of carbonyl (C=O) groups is 2. The van der Waals surface area contributed by atoms with E-state index in [1.54, 1.807) is 11.1 Å². The summed E-state index contributed by atoms with van der Waals surface area (Å²) in [6, 6.07) is 12.2. The molecule has 1 aromatic heterocycles. The molecule has 2 aromatic carbocycles. The zero-order chi connectivity index (χ0) is 28.5. The summed E-state index contributed by atoms with van der Waals surface area (Å²) in [5.41, 5.74) is 3.66. The molecule has 1 fully saturated rings. The number of aromatic nitrogens is 2. The summed E-state index contributed by atoms with van der Waals surface area (Å²) < 4.78 is 5.49. The van der Waals surface area contributed by atoms with Crippen molar-refractivity contribution in [2.24, 2.45) is 0 Å². The lowest BCUT2D eigenvalue weighted by atomic mass is 9.97. The lowest BCUT2D eigenvalue weighted by molar-refractivity contribution is 0.0417. The lowest BCUT2D eigenvalue weighted by Crippen LogP contribution is -2.54. The van der Waals surface area contributed by atoms with Gasteiger partial charge in [-0.15, -0.1) is 0 Å². The van der Waals surface area contributed by atoms with E-state index in [0.29, 0.717) is 24.1 Å². The van der Waals surface area contributed by atoms with Gasteiger partial charge in [-0.25, -0.2) is 14.8 Å². The average Bonchev–Trinajstić information content (AvgIpc) is 3.65. The van der Waals surface area contributed by atoms with E-state index in [9.17, 15) is 9.59 Å². The minimum absolute atomic E-state index is 0.0244. The summed E-state index contributed by atoms with van der Waals surface area (Å²) in [6.07, 6.45) is 3.38. The van der Waals surface area contributed by atoms with Crippen LogP contribution in [0.4, 0.5) is 10.7 Å². The number of ether oxygens (including phenoxy) is 1. The van der Waals surface area contributed by atoms with Crippen LogP contribution in [0.25, 0.3) is 22.0 Å². The van der Waals surface area contributed by atoms with Gasteiger partial charge in [0.2, 0.25) is 5.95 Å². The summed E-state index contributed by atoms with van der Waals surface area (Å²) in [4.78, 5) is 36.5. The van der Waals surface area contributed by atoms with Gasteiger partial charge in [0.25, 0.3) is 5.91 Å². The number of amides is 2. The van der Waals surface area contributed by atoms with Crippen molar-refractivity contribution in [3.8, 4) is 11.1 Å². The van der Waals surface area contributed by atoms with E-state index in [4.69, 9.17) is 9.72 Å². The third kappa shape index (κ3) is 7.25. The second-order valence-electron chi connectivity index (χ2n) is 12.4. The molecule has 4 rings (SSSR count). The highest BCUT2D eigenvalue weighted by Crippen LogP contribution is 2.29. The molecular weight excluding hydrogens is 490 g/mol. The summed E-state index contributed by atoms with van der Waals surface area (Å²) in [5, 5.41) is 7.37. The molecule has 0 aliphatic heterocycles. The molecule has 0 saturated heterocycles. The van der Waals surface area contributed by atoms with Gasteiger partial charge in [0.1, 0.15) is 0 Å². The van der Waals surface area contributed by atoms with E-state index >= 15 is 0 Å². The Kier molecular flexibility index (Phi) is 7.87. The molecule has 0 bridgehead atoms. The largest absolute Gasteiger partial charge is 0.447 e. The first-order valence-electron chi connectivity index (χ1n) is 13.7. The first-order valence-corrected chi connectivity index (χ1v) is 13.7. The summed E-state index contributed by atoms with van der Waals surface area (Å²) in [6.45, 7) is 16.2. The predicted molar refractivity (Wildman–Crippen MR) is 156 cm³/mol. The van der Waals surface area contributed by atoms with Crippen molar-refractivity contribution < 1.29 is 14.3 Å². The molecule has 1 aliphatic rings. The van der Waals surface area contributed by atoms with Gasteiger partial charge >= 0.3 is 6.09 Å². The van der Waals surface area contributed by atoms with Gasteiger partial charge in [-0.05, 0) is 109 Å². The Labute approximate surface area is 231 Å². The van der Waals surface area contributed by atoms with Crippen LogP contribution in [0.15, 0.2) is 42.6 Å². The van der Waals surface area contributed by atoms with Crippen LogP contribution in [-0.4, -0.2) is 56.6 Å². The van der Waals surface area contributed by atoms with Gasteiger partial charge in [-0.3, -0.25) is 4.79 Å². The highest BCUT2D eigenvalue weighted by molar-refractivity contribution is 5.96. The fourth-order valence-electron chi connectivity index (χ4n) is 4.41. The molecule has 1 saturated carbocycles.